The standard InChI is InChI=1S/C18H19FN2O/c1-10-7-13-14(9-21(4)18(13)20-8-10)17(22)15-11(2)5-6-12(3)16(15)19/h5-8,14H,9H2,1-4H3. The topological polar surface area (TPSA) is 33.2 Å². The number of likely N-dealkylation sites (N-methyl/N-ethyl adjacent to an activating group) is 1. The number of nitrogens with zero attached hydrogens (tertiary/aromatic N) is 2. The van der Waals surface area contributed by atoms with Crippen molar-refractivity contribution in [2.75, 3.05) is 18.5 Å². The molecule has 0 saturated carbocycles. The van der Waals surface area contributed by atoms with E-state index in [1.165, 1.54) is 0 Å². The summed E-state index contributed by atoms with van der Waals surface area (Å²) in [5.41, 5.74) is 3.31. The highest BCUT2D eigenvalue weighted by Gasteiger charge is 2.35. The summed E-state index contributed by atoms with van der Waals surface area (Å²) >= 11 is 0. The fourth-order valence-electron chi connectivity index (χ4n) is 3.10. The smallest absolute Gasteiger partial charge is 0.175 e. The average molecular weight is 298 g/mol. The summed E-state index contributed by atoms with van der Waals surface area (Å²) in [6.45, 7) is 5.96. The van der Waals surface area contributed by atoms with Crippen molar-refractivity contribution < 1.29 is 9.18 Å². The lowest BCUT2D eigenvalue weighted by atomic mass is 9.89. The molecule has 22 heavy (non-hydrogen) atoms. The molecule has 0 saturated heterocycles. The lowest BCUT2D eigenvalue weighted by molar-refractivity contribution is 0.0960. The zero-order chi connectivity index (χ0) is 16.0. The average Bonchev–Trinajstić information content (AvgIpc) is 2.80. The van der Waals surface area contributed by atoms with Gasteiger partial charge in [-0.1, -0.05) is 18.2 Å². The highest BCUT2D eigenvalue weighted by molar-refractivity contribution is 6.04. The monoisotopic (exact) mass is 298 g/mol. The van der Waals surface area contributed by atoms with Crippen LogP contribution in [-0.2, 0) is 0 Å². The van der Waals surface area contributed by atoms with Gasteiger partial charge in [-0.15, -0.1) is 0 Å². The van der Waals surface area contributed by atoms with Crippen molar-refractivity contribution in [3.8, 4) is 0 Å². The molecule has 2 aromatic rings. The van der Waals surface area contributed by atoms with E-state index in [1.54, 1.807) is 32.2 Å². The van der Waals surface area contributed by atoms with Crippen LogP contribution in [0.3, 0.4) is 0 Å². The Hall–Kier alpha value is -2.23. The van der Waals surface area contributed by atoms with Crippen LogP contribution in [0.5, 0.6) is 0 Å². The third kappa shape index (κ3) is 2.19. The highest BCUT2D eigenvalue weighted by atomic mass is 19.1. The van der Waals surface area contributed by atoms with Crippen LogP contribution in [0.4, 0.5) is 10.2 Å². The summed E-state index contributed by atoms with van der Waals surface area (Å²) in [5.74, 6) is -0.101. The SMILES string of the molecule is Cc1cnc2c(c1)C(C(=O)c1c(C)ccc(C)c1F)CN2C. The Kier molecular flexibility index (Phi) is 3.47. The van der Waals surface area contributed by atoms with E-state index in [1.807, 2.05) is 24.9 Å². The molecule has 1 aliphatic heterocycles. The summed E-state index contributed by atoms with van der Waals surface area (Å²) in [6, 6.07) is 5.50. The van der Waals surface area contributed by atoms with Crippen molar-refractivity contribution >= 4 is 11.6 Å². The van der Waals surface area contributed by atoms with E-state index in [4.69, 9.17) is 0 Å². The molecule has 0 amide bonds. The van der Waals surface area contributed by atoms with Gasteiger partial charge in [0.1, 0.15) is 11.6 Å². The number of Topliss-reactive ketones (excluding diaryl/α,β-unsaturated/α-hetero) is 1. The van der Waals surface area contributed by atoms with Gasteiger partial charge in [-0.05, 0) is 37.5 Å². The van der Waals surface area contributed by atoms with Gasteiger partial charge in [0.2, 0.25) is 0 Å². The minimum absolute atomic E-state index is 0.156. The van der Waals surface area contributed by atoms with Gasteiger partial charge in [0.05, 0.1) is 11.5 Å². The Morgan fingerprint density at radius 1 is 1.27 bits per heavy atom. The first-order chi connectivity index (χ1) is 10.4. The van der Waals surface area contributed by atoms with E-state index in [2.05, 4.69) is 4.98 Å². The van der Waals surface area contributed by atoms with Gasteiger partial charge in [0, 0.05) is 25.4 Å². The van der Waals surface area contributed by atoms with Gasteiger partial charge < -0.3 is 4.90 Å². The Bertz CT molecular complexity index is 770. The maximum atomic E-state index is 14.5. The second kappa shape index (κ2) is 5.20. The van der Waals surface area contributed by atoms with Crippen molar-refractivity contribution in [2.24, 2.45) is 0 Å². The summed E-state index contributed by atoms with van der Waals surface area (Å²) in [4.78, 5) is 19.3. The van der Waals surface area contributed by atoms with Gasteiger partial charge in [0.15, 0.2) is 5.78 Å². The summed E-state index contributed by atoms with van der Waals surface area (Å²) in [7, 11) is 1.91. The fraction of sp³-hybridized carbons (Fsp3) is 0.333. The third-order valence-corrected chi connectivity index (χ3v) is 4.33. The largest absolute Gasteiger partial charge is 0.358 e. The Balaban J connectivity index is 2.09. The first-order valence-corrected chi connectivity index (χ1v) is 7.37. The van der Waals surface area contributed by atoms with Crippen LogP contribution >= 0.6 is 0 Å². The van der Waals surface area contributed by atoms with Gasteiger partial charge in [-0.2, -0.15) is 0 Å². The molecule has 1 aliphatic rings. The second-order valence-electron chi connectivity index (χ2n) is 6.11. The van der Waals surface area contributed by atoms with Crippen molar-refractivity contribution in [1.82, 2.24) is 4.98 Å². The highest BCUT2D eigenvalue weighted by Crippen LogP contribution is 2.37. The molecule has 3 rings (SSSR count). The summed E-state index contributed by atoms with van der Waals surface area (Å²) in [5, 5.41) is 0. The van der Waals surface area contributed by atoms with E-state index in [0.717, 1.165) is 16.9 Å². The number of benzene rings is 1. The van der Waals surface area contributed by atoms with Crippen molar-refractivity contribution in [3.63, 3.8) is 0 Å². The van der Waals surface area contributed by atoms with Crippen molar-refractivity contribution in [3.05, 3.63) is 58.0 Å². The molecule has 1 unspecified atom stereocenters. The molecule has 0 bridgehead atoms. The third-order valence-electron chi connectivity index (χ3n) is 4.33. The molecule has 4 heteroatoms. The molecule has 0 spiro atoms. The summed E-state index contributed by atoms with van der Waals surface area (Å²) in [6.07, 6.45) is 1.79. The Morgan fingerprint density at radius 3 is 2.68 bits per heavy atom. The van der Waals surface area contributed by atoms with E-state index in [0.29, 0.717) is 17.7 Å². The van der Waals surface area contributed by atoms with E-state index >= 15 is 0 Å². The van der Waals surface area contributed by atoms with Crippen molar-refractivity contribution in [1.29, 1.82) is 0 Å². The Morgan fingerprint density at radius 2 is 1.95 bits per heavy atom. The maximum absolute atomic E-state index is 14.5. The number of carbonyl (C=O) groups is 1. The predicted octanol–water partition coefficient (Wildman–Crippen LogP) is 3.56. The summed E-state index contributed by atoms with van der Waals surface area (Å²) < 4.78 is 14.5. The molecule has 0 radical (unpaired) electrons. The van der Waals surface area contributed by atoms with Gasteiger partial charge in [0.25, 0.3) is 0 Å². The number of hydrogen-bond donors (Lipinski definition) is 0. The van der Waals surface area contributed by atoms with Crippen LogP contribution in [0.15, 0.2) is 24.4 Å². The molecule has 1 aromatic heterocycles. The van der Waals surface area contributed by atoms with E-state index in [9.17, 15) is 9.18 Å². The zero-order valence-corrected chi connectivity index (χ0v) is 13.3. The van der Waals surface area contributed by atoms with Crippen LogP contribution in [0.25, 0.3) is 0 Å². The second-order valence-corrected chi connectivity index (χ2v) is 6.11. The molecule has 1 atom stereocenters. The maximum Gasteiger partial charge on any atom is 0.175 e. The van der Waals surface area contributed by atoms with Gasteiger partial charge >= 0.3 is 0 Å². The van der Waals surface area contributed by atoms with Crippen LogP contribution in [0.2, 0.25) is 0 Å². The number of anilines is 1. The van der Waals surface area contributed by atoms with E-state index in [-0.39, 0.29) is 17.3 Å². The zero-order valence-electron chi connectivity index (χ0n) is 13.3. The molecule has 2 heterocycles. The number of halogens is 1. The van der Waals surface area contributed by atoms with Crippen LogP contribution in [-0.4, -0.2) is 24.4 Å². The minimum atomic E-state index is -0.401. The molecule has 0 aliphatic carbocycles. The molecular weight excluding hydrogens is 279 g/mol. The first kappa shape index (κ1) is 14.7. The molecule has 0 fully saturated rings. The molecular formula is C18H19FN2O. The number of pyridine rings is 1. The Labute approximate surface area is 129 Å². The normalized spacial score (nSPS) is 16.8. The number of aromatic nitrogens is 1. The quantitative estimate of drug-likeness (QED) is 0.795. The van der Waals surface area contributed by atoms with Crippen LogP contribution in [0.1, 0.15) is 38.5 Å². The molecule has 114 valence electrons. The lowest BCUT2D eigenvalue weighted by Crippen LogP contribution is -2.22. The van der Waals surface area contributed by atoms with E-state index < -0.39 is 5.82 Å². The van der Waals surface area contributed by atoms with Crippen LogP contribution in [0, 0.1) is 26.6 Å². The number of hydrogen-bond acceptors (Lipinski definition) is 3. The fourth-order valence-corrected chi connectivity index (χ4v) is 3.10. The first-order valence-electron chi connectivity index (χ1n) is 7.37. The predicted molar refractivity (Wildman–Crippen MR) is 85.2 cm³/mol. The minimum Gasteiger partial charge on any atom is -0.358 e. The number of ketones is 1. The lowest BCUT2D eigenvalue weighted by Gasteiger charge is -2.14. The number of rotatable bonds is 2. The number of carbonyl (C=O) groups excluding carboxylic acids is 1. The number of fused-ring (bicyclic) bond motifs is 1. The van der Waals surface area contributed by atoms with Crippen molar-refractivity contribution in [2.45, 2.75) is 26.7 Å². The molecule has 1 aromatic carbocycles. The van der Waals surface area contributed by atoms with Gasteiger partial charge in [-0.3, -0.25) is 4.79 Å². The number of aryl methyl sites for hydroxylation is 3. The molecule has 0 N–H and O–H groups in total. The van der Waals surface area contributed by atoms with Crippen LogP contribution < -0.4 is 4.90 Å². The van der Waals surface area contributed by atoms with Gasteiger partial charge in [-0.25, -0.2) is 9.37 Å². The molecule has 3 nitrogen and oxygen atoms in total.